The van der Waals surface area contributed by atoms with Crippen LogP contribution in [0.4, 0.5) is 0 Å². The normalized spacial score (nSPS) is 21.7. The molecular formula is C14H17NO3S. The van der Waals surface area contributed by atoms with Crippen LogP contribution < -0.4 is 0 Å². The molecule has 0 N–H and O–H groups in total. The molecule has 5 heteroatoms. The van der Waals surface area contributed by atoms with Crippen molar-refractivity contribution in [1.29, 1.82) is 0 Å². The Labute approximate surface area is 116 Å². The molecule has 3 rings (SSSR count). The first kappa shape index (κ1) is 12.7. The third-order valence-electron chi connectivity index (χ3n) is 4.08. The van der Waals surface area contributed by atoms with E-state index < -0.39 is 5.54 Å². The van der Waals surface area contributed by atoms with Gasteiger partial charge in [0.1, 0.15) is 12.1 Å². The van der Waals surface area contributed by atoms with Crippen molar-refractivity contribution in [2.75, 3.05) is 13.2 Å². The number of esters is 1. The molecule has 1 aromatic rings. The van der Waals surface area contributed by atoms with Gasteiger partial charge in [0.2, 0.25) is 5.91 Å². The molecule has 1 spiro atoms. The van der Waals surface area contributed by atoms with Gasteiger partial charge in [0, 0.05) is 4.88 Å². The van der Waals surface area contributed by atoms with Crippen molar-refractivity contribution in [2.24, 2.45) is 0 Å². The van der Waals surface area contributed by atoms with Crippen LogP contribution in [0, 0.1) is 0 Å². The minimum absolute atomic E-state index is 0.0565. The van der Waals surface area contributed by atoms with Crippen molar-refractivity contribution in [3.05, 3.63) is 22.4 Å². The van der Waals surface area contributed by atoms with E-state index in [4.69, 9.17) is 4.74 Å². The van der Waals surface area contributed by atoms with E-state index in [0.717, 1.165) is 30.6 Å². The number of hydrogen-bond donors (Lipinski definition) is 0. The number of carbonyl (C=O) groups excluding carboxylic acids is 2. The Morgan fingerprint density at radius 2 is 2.21 bits per heavy atom. The maximum Gasteiger partial charge on any atom is 0.332 e. The molecule has 102 valence electrons. The van der Waals surface area contributed by atoms with Crippen LogP contribution in [-0.4, -0.2) is 35.5 Å². The van der Waals surface area contributed by atoms with Gasteiger partial charge < -0.3 is 9.64 Å². The minimum Gasteiger partial charge on any atom is -0.462 e. The smallest absolute Gasteiger partial charge is 0.332 e. The Balaban J connectivity index is 1.81. The summed E-state index contributed by atoms with van der Waals surface area (Å²) in [7, 11) is 0. The van der Waals surface area contributed by atoms with Crippen molar-refractivity contribution in [3.63, 3.8) is 0 Å². The molecule has 19 heavy (non-hydrogen) atoms. The fourth-order valence-corrected chi connectivity index (χ4v) is 3.84. The van der Waals surface area contributed by atoms with E-state index in [1.807, 2.05) is 17.5 Å². The van der Waals surface area contributed by atoms with Crippen molar-refractivity contribution in [3.8, 4) is 0 Å². The van der Waals surface area contributed by atoms with E-state index in [1.165, 1.54) is 0 Å². The van der Waals surface area contributed by atoms with Crippen molar-refractivity contribution in [2.45, 2.75) is 37.6 Å². The number of hydrogen-bond acceptors (Lipinski definition) is 4. The van der Waals surface area contributed by atoms with E-state index in [2.05, 4.69) is 0 Å². The molecule has 1 aliphatic heterocycles. The fourth-order valence-electron chi connectivity index (χ4n) is 3.14. The quantitative estimate of drug-likeness (QED) is 0.778. The topological polar surface area (TPSA) is 46.6 Å². The summed E-state index contributed by atoms with van der Waals surface area (Å²) >= 11 is 1.58. The number of carbonyl (C=O) groups is 2. The van der Waals surface area contributed by atoms with Crippen LogP contribution in [0.3, 0.4) is 0 Å². The first-order valence-electron chi connectivity index (χ1n) is 6.72. The van der Waals surface area contributed by atoms with Crippen molar-refractivity contribution >= 4 is 23.2 Å². The second kappa shape index (κ2) is 4.96. The van der Waals surface area contributed by atoms with Gasteiger partial charge >= 0.3 is 5.97 Å². The van der Waals surface area contributed by atoms with Crippen molar-refractivity contribution in [1.82, 2.24) is 4.90 Å². The lowest BCUT2D eigenvalue weighted by atomic mass is 9.93. The molecule has 2 aliphatic rings. The zero-order chi connectivity index (χ0) is 13.3. The van der Waals surface area contributed by atoms with Crippen LogP contribution in [0.15, 0.2) is 17.5 Å². The molecule has 4 nitrogen and oxygen atoms in total. The lowest BCUT2D eigenvalue weighted by Crippen LogP contribution is -2.60. The molecule has 1 aliphatic carbocycles. The SMILES string of the molecule is O=C(Cc1cccs1)N1CCOC(=O)C12CCCC2. The number of ether oxygens (including phenoxy) is 1. The Morgan fingerprint density at radius 3 is 2.89 bits per heavy atom. The molecule has 2 fully saturated rings. The third kappa shape index (κ3) is 2.16. The van der Waals surface area contributed by atoms with Gasteiger partial charge in [-0.25, -0.2) is 4.79 Å². The first-order valence-corrected chi connectivity index (χ1v) is 7.60. The zero-order valence-electron chi connectivity index (χ0n) is 10.8. The van der Waals surface area contributed by atoms with Gasteiger partial charge in [-0.1, -0.05) is 18.9 Å². The average molecular weight is 279 g/mol. The van der Waals surface area contributed by atoms with E-state index in [-0.39, 0.29) is 11.9 Å². The predicted octanol–water partition coefficient (Wildman–Crippen LogP) is 1.99. The molecule has 2 heterocycles. The number of thiophene rings is 1. The van der Waals surface area contributed by atoms with Gasteiger partial charge in [0.25, 0.3) is 0 Å². The molecule has 0 unspecified atom stereocenters. The molecule has 0 atom stereocenters. The molecule has 0 radical (unpaired) electrons. The zero-order valence-corrected chi connectivity index (χ0v) is 11.6. The second-order valence-corrected chi connectivity index (χ2v) is 6.21. The molecule has 0 aromatic carbocycles. The molecular weight excluding hydrogens is 262 g/mol. The summed E-state index contributed by atoms with van der Waals surface area (Å²) in [5.41, 5.74) is -0.660. The first-order chi connectivity index (χ1) is 9.22. The summed E-state index contributed by atoms with van der Waals surface area (Å²) in [6, 6.07) is 3.91. The monoisotopic (exact) mass is 279 g/mol. The van der Waals surface area contributed by atoms with Crippen molar-refractivity contribution < 1.29 is 14.3 Å². The Kier molecular flexibility index (Phi) is 3.31. The molecule has 1 saturated heterocycles. The summed E-state index contributed by atoms with van der Waals surface area (Å²) in [6.07, 6.45) is 3.90. The van der Waals surface area contributed by atoms with Gasteiger partial charge in [-0.15, -0.1) is 11.3 Å². The fraction of sp³-hybridized carbons (Fsp3) is 0.571. The molecule has 1 aromatic heterocycles. The van der Waals surface area contributed by atoms with Gasteiger partial charge in [0.15, 0.2) is 0 Å². The van der Waals surface area contributed by atoms with Crippen LogP contribution in [0.1, 0.15) is 30.6 Å². The number of rotatable bonds is 2. The van der Waals surface area contributed by atoms with Gasteiger partial charge in [-0.2, -0.15) is 0 Å². The highest BCUT2D eigenvalue weighted by Gasteiger charge is 2.51. The summed E-state index contributed by atoms with van der Waals surface area (Å²) in [4.78, 5) is 27.5. The highest BCUT2D eigenvalue weighted by Crippen LogP contribution is 2.38. The Bertz CT molecular complexity index is 477. The highest BCUT2D eigenvalue weighted by atomic mass is 32.1. The second-order valence-electron chi connectivity index (χ2n) is 5.18. The summed E-state index contributed by atoms with van der Waals surface area (Å²) in [6.45, 7) is 0.868. The van der Waals surface area contributed by atoms with Gasteiger partial charge in [-0.3, -0.25) is 4.79 Å². The maximum atomic E-state index is 12.5. The van der Waals surface area contributed by atoms with Crippen LogP contribution >= 0.6 is 11.3 Å². The van der Waals surface area contributed by atoms with Crippen LogP contribution in [-0.2, 0) is 20.7 Å². The lowest BCUT2D eigenvalue weighted by molar-refractivity contribution is -0.174. The van der Waals surface area contributed by atoms with E-state index >= 15 is 0 Å². The number of cyclic esters (lactones) is 1. The van der Waals surface area contributed by atoms with E-state index in [1.54, 1.807) is 16.2 Å². The highest BCUT2D eigenvalue weighted by molar-refractivity contribution is 7.10. The van der Waals surface area contributed by atoms with Crippen LogP contribution in [0.25, 0.3) is 0 Å². The standard InChI is InChI=1S/C14H17NO3S/c16-12(10-11-4-3-9-19-11)15-7-8-18-13(17)14(15)5-1-2-6-14/h3-4,9H,1-2,5-8,10H2. The summed E-state index contributed by atoms with van der Waals surface area (Å²) in [5.74, 6) is -0.142. The molecule has 1 saturated carbocycles. The van der Waals surface area contributed by atoms with Gasteiger partial charge in [-0.05, 0) is 24.3 Å². The number of amides is 1. The summed E-state index contributed by atoms with van der Waals surface area (Å²) in [5, 5.41) is 1.97. The molecule has 0 bridgehead atoms. The number of nitrogens with zero attached hydrogens (tertiary/aromatic N) is 1. The molecule has 1 amide bonds. The van der Waals surface area contributed by atoms with Crippen LogP contribution in [0.2, 0.25) is 0 Å². The van der Waals surface area contributed by atoms with Crippen LogP contribution in [0.5, 0.6) is 0 Å². The van der Waals surface area contributed by atoms with E-state index in [9.17, 15) is 9.59 Å². The van der Waals surface area contributed by atoms with E-state index in [0.29, 0.717) is 19.6 Å². The third-order valence-corrected chi connectivity index (χ3v) is 4.96. The Morgan fingerprint density at radius 1 is 1.42 bits per heavy atom. The minimum atomic E-state index is -0.660. The number of morpholine rings is 1. The maximum absolute atomic E-state index is 12.5. The van der Waals surface area contributed by atoms with Gasteiger partial charge in [0.05, 0.1) is 13.0 Å². The lowest BCUT2D eigenvalue weighted by Gasteiger charge is -2.42. The Hall–Kier alpha value is -1.36. The summed E-state index contributed by atoms with van der Waals surface area (Å²) < 4.78 is 5.20. The predicted molar refractivity (Wildman–Crippen MR) is 71.9 cm³/mol. The largest absolute Gasteiger partial charge is 0.462 e. The average Bonchev–Trinajstić information content (AvgIpc) is 3.05.